The Labute approximate surface area is 90.7 Å². The Morgan fingerprint density at radius 2 is 1.71 bits per heavy atom. The average molecular weight is 199 g/mol. The van der Waals surface area contributed by atoms with Crippen molar-refractivity contribution in [1.82, 2.24) is 5.32 Å². The van der Waals surface area contributed by atoms with Crippen LogP contribution in [0.1, 0.15) is 60.8 Å². The Balaban J connectivity index is 3.90. The standard InChI is InChI=1S/C13H29N/c1-7-9-11(3)12(8-2)10-14-13(4,5)6/h11-12,14H,7-10H2,1-6H3. The lowest BCUT2D eigenvalue weighted by Gasteiger charge is -2.28. The Bertz CT molecular complexity index is 135. The molecule has 0 aromatic heterocycles. The van der Waals surface area contributed by atoms with Gasteiger partial charge in [0.2, 0.25) is 0 Å². The molecule has 2 atom stereocenters. The molecule has 1 N–H and O–H groups in total. The molecule has 0 rings (SSSR count). The summed E-state index contributed by atoms with van der Waals surface area (Å²) in [5.74, 6) is 1.70. The Morgan fingerprint density at radius 1 is 1.14 bits per heavy atom. The van der Waals surface area contributed by atoms with Gasteiger partial charge in [-0.25, -0.2) is 0 Å². The smallest absolute Gasteiger partial charge is 0.00966 e. The Hall–Kier alpha value is -0.0400. The third-order valence-electron chi connectivity index (χ3n) is 2.97. The van der Waals surface area contributed by atoms with Crippen molar-refractivity contribution >= 4 is 0 Å². The van der Waals surface area contributed by atoms with E-state index < -0.39 is 0 Å². The van der Waals surface area contributed by atoms with Crippen molar-refractivity contribution < 1.29 is 0 Å². The number of rotatable bonds is 6. The van der Waals surface area contributed by atoms with Crippen molar-refractivity contribution in [3.8, 4) is 0 Å². The third kappa shape index (κ3) is 6.42. The summed E-state index contributed by atoms with van der Waals surface area (Å²) in [6.07, 6.45) is 3.97. The summed E-state index contributed by atoms with van der Waals surface area (Å²) in [6.45, 7) is 14.9. The van der Waals surface area contributed by atoms with E-state index in [0.29, 0.717) is 0 Å². The lowest BCUT2D eigenvalue weighted by molar-refractivity contribution is 0.280. The van der Waals surface area contributed by atoms with E-state index >= 15 is 0 Å². The van der Waals surface area contributed by atoms with Crippen molar-refractivity contribution in [1.29, 1.82) is 0 Å². The molecule has 0 aliphatic rings. The summed E-state index contributed by atoms with van der Waals surface area (Å²) in [6, 6.07) is 0. The van der Waals surface area contributed by atoms with Gasteiger partial charge < -0.3 is 5.32 Å². The lowest BCUT2D eigenvalue weighted by Crippen LogP contribution is -2.40. The van der Waals surface area contributed by atoms with Gasteiger partial charge in [-0.3, -0.25) is 0 Å². The average Bonchev–Trinajstić information content (AvgIpc) is 2.03. The van der Waals surface area contributed by atoms with Crippen LogP contribution in [0.15, 0.2) is 0 Å². The number of hydrogen-bond acceptors (Lipinski definition) is 1. The summed E-state index contributed by atoms with van der Waals surface area (Å²) in [5.41, 5.74) is 0.263. The normalized spacial score (nSPS) is 16.7. The Kier molecular flexibility index (Phi) is 6.43. The number of nitrogens with one attached hydrogen (secondary N) is 1. The van der Waals surface area contributed by atoms with Crippen molar-refractivity contribution in [3.05, 3.63) is 0 Å². The van der Waals surface area contributed by atoms with Gasteiger partial charge in [0.05, 0.1) is 0 Å². The maximum absolute atomic E-state index is 3.61. The predicted octanol–water partition coefficient (Wildman–Crippen LogP) is 3.84. The van der Waals surface area contributed by atoms with Crippen LogP contribution >= 0.6 is 0 Å². The largest absolute Gasteiger partial charge is 0.312 e. The Morgan fingerprint density at radius 3 is 2.07 bits per heavy atom. The monoisotopic (exact) mass is 199 g/mol. The lowest BCUT2D eigenvalue weighted by atomic mass is 9.87. The molecule has 0 amide bonds. The fourth-order valence-corrected chi connectivity index (χ4v) is 1.88. The SMILES string of the molecule is CCCC(C)C(CC)CNC(C)(C)C. The van der Waals surface area contributed by atoms with Crippen molar-refractivity contribution in [3.63, 3.8) is 0 Å². The second-order valence-corrected chi connectivity index (χ2v) is 5.57. The van der Waals surface area contributed by atoms with E-state index in [9.17, 15) is 0 Å². The van der Waals surface area contributed by atoms with Crippen LogP contribution in [0.2, 0.25) is 0 Å². The van der Waals surface area contributed by atoms with Crippen molar-refractivity contribution in [2.45, 2.75) is 66.3 Å². The molecule has 0 fully saturated rings. The summed E-state index contributed by atoms with van der Waals surface area (Å²) in [5, 5.41) is 3.61. The van der Waals surface area contributed by atoms with Gasteiger partial charge in [0.15, 0.2) is 0 Å². The molecule has 0 radical (unpaired) electrons. The summed E-state index contributed by atoms with van der Waals surface area (Å²) < 4.78 is 0. The van der Waals surface area contributed by atoms with E-state index in [1.807, 2.05) is 0 Å². The molecule has 0 saturated heterocycles. The molecule has 0 aliphatic carbocycles. The number of hydrogen-bond donors (Lipinski definition) is 1. The van der Waals surface area contributed by atoms with Gasteiger partial charge in [-0.15, -0.1) is 0 Å². The van der Waals surface area contributed by atoms with Crippen molar-refractivity contribution in [2.24, 2.45) is 11.8 Å². The van der Waals surface area contributed by atoms with Crippen LogP contribution in [0.4, 0.5) is 0 Å². The van der Waals surface area contributed by atoms with E-state index in [0.717, 1.165) is 11.8 Å². The highest BCUT2D eigenvalue weighted by atomic mass is 14.9. The fourth-order valence-electron chi connectivity index (χ4n) is 1.88. The molecular weight excluding hydrogens is 170 g/mol. The molecular formula is C13H29N. The van der Waals surface area contributed by atoms with Crippen LogP contribution in [-0.2, 0) is 0 Å². The topological polar surface area (TPSA) is 12.0 Å². The van der Waals surface area contributed by atoms with Crippen LogP contribution in [0.25, 0.3) is 0 Å². The molecule has 0 spiro atoms. The van der Waals surface area contributed by atoms with Crippen LogP contribution in [0, 0.1) is 11.8 Å². The molecule has 0 aromatic rings. The first-order valence-corrected chi connectivity index (χ1v) is 6.15. The van der Waals surface area contributed by atoms with Gasteiger partial charge in [0, 0.05) is 5.54 Å². The molecule has 86 valence electrons. The highest BCUT2D eigenvalue weighted by molar-refractivity contribution is 4.75. The summed E-state index contributed by atoms with van der Waals surface area (Å²) in [7, 11) is 0. The first-order chi connectivity index (χ1) is 6.40. The third-order valence-corrected chi connectivity index (χ3v) is 2.97. The maximum atomic E-state index is 3.61. The quantitative estimate of drug-likeness (QED) is 0.685. The van der Waals surface area contributed by atoms with Gasteiger partial charge in [0.25, 0.3) is 0 Å². The van der Waals surface area contributed by atoms with E-state index in [1.165, 1.54) is 25.8 Å². The molecule has 0 heterocycles. The molecule has 0 aliphatic heterocycles. The summed E-state index contributed by atoms with van der Waals surface area (Å²) >= 11 is 0. The molecule has 0 saturated carbocycles. The zero-order valence-electron chi connectivity index (χ0n) is 11.0. The van der Waals surface area contributed by atoms with Gasteiger partial charge in [0.1, 0.15) is 0 Å². The molecule has 0 aromatic carbocycles. The highest BCUT2D eigenvalue weighted by Crippen LogP contribution is 2.20. The van der Waals surface area contributed by atoms with E-state index in [4.69, 9.17) is 0 Å². The van der Waals surface area contributed by atoms with Gasteiger partial charge in [-0.2, -0.15) is 0 Å². The first-order valence-electron chi connectivity index (χ1n) is 6.15. The molecule has 14 heavy (non-hydrogen) atoms. The molecule has 1 nitrogen and oxygen atoms in total. The minimum Gasteiger partial charge on any atom is -0.312 e. The van der Waals surface area contributed by atoms with E-state index in [-0.39, 0.29) is 5.54 Å². The van der Waals surface area contributed by atoms with Gasteiger partial charge in [-0.1, -0.05) is 40.0 Å². The fraction of sp³-hybridized carbons (Fsp3) is 1.00. The second-order valence-electron chi connectivity index (χ2n) is 5.57. The van der Waals surface area contributed by atoms with Crippen LogP contribution in [-0.4, -0.2) is 12.1 Å². The minimum absolute atomic E-state index is 0.263. The predicted molar refractivity (Wildman–Crippen MR) is 65.6 cm³/mol. The zero-order chi connectivity index (χ0) is 11.2. The molecule has 0 bridgehead atoms. The second kappa shape index (κ2) is 6.44. The van der Waals surface area contributed by atoms with E-state index in [2.05, 4.69) is 46.9 Å². The van der Waals surface area contributed by atoms with Crippen LogP contribution < -0.4 is 5.32 Å². The zero-order valence-corrected chi connectivity index (χ0v) is 11.0. The highest BCUT2D eigenvalue weighted by Gasteiger charge is 2.17. The summed E-state index contributed by atoms with van der Waals surface area (Å²) in [4.78, 5) is 0. The van der Waals surface area contributed by atoms with Crippen LogP contribution in [0.3, 0.4) is 0 Å². The van der Waals surface area contributed by atoms with Gasteiger partial charge in [-0.05, 0) is 39.2 Å². The molecule has 2 unspecified atom stereocenters. The maximum Gasteiger partial charge on any atom is 0.00966 e. The first kappa shape index (κ1) is 14.0. The minimum atomic E-state index is 0.263. The van der Waals surface area contributed by atoms with E-state index in [1.54, 1.807) is 0 Å². The van der Waals surface area contributed by atoms with Crippen LogP contribution in [0.5, 0.6) is 0 Å². The van der Waals surface area contributed by atoms with Crippen molar-refractivity contribution in [2.75, 3.05) is 6.54 Å². The van der Waals surface area contributed by atoms with Gasteiger partial charge >= 0.3 is 0 Å². The molecule has 1 heteroatoms.